The molecule has 1 unspecified atom stereocenters. The van der Waals surface area contributed by atoms with Crippen molar-refractivity contribution >= 4 is 17.3 Å². The molecule has 1 atom stereocenters. The molecule has 7 nitrogen and oxygen atoms in total. The second-order valence-electron chi connectivity index (χ2n) is 8.42. The highest BCUT2D eigenvalue weighted by Gasteiger charge is 2.23. The third-order valence-electron chi connectivity index (χ3n) is 5.56. The summed E-state index contributed by atoms with van der Waals surface area (Å²) in [4.78, 5) is 25.9. The molecule has 166 valence electrons. The topological polar surface area (TPSA) is 84.7 Å². The Balaban J connectivity index is 1.61. The monoisotopic (exact) mass is 425 g/mol. The predicted molar refractivity (Wildman–Crippen MR) is 122 cm³/mol. The lowest BCUT2D eigenvalue weighted by atomic mass is 10.0. The van der Waals surface area contributed by atoms with Crippen LogP contribution in [0.4, 0.5) is 11.4 Å². The third kappa shape index (κ3) is 5.96. The van der Waals surface area contributed by atoms with E-state index in [0.717, 1.165) is 38.1 Å². The fourth-order valence-corrected chi connectivity index (χ4v) is 3.73. The first-order valence-electron chi connectivity index (χ1n) is 10.9. The van der Waals surface area contributed by atoms with Crippen LogP contribution in [0, 0.1) is 10.1 Å². The molecule has 0 aromatic heterocycles. The first-order valence-corrected chi connectivity index (χ1v) is 10.9. The van der Waals surface area contributed by atoms with E-state index in [-0.39, 0.29) is 23.2 Å². The van der Waals surface area contributed by atoms with E-state index < -0.39 is 4.92 Å². The third-order valence-corrected chi connectivity index (χ3v) is 5.56. The van der Waals surface area contributed by atoms with Crippen molar-refractivity contribution < 1.29 is 14.5 Å². The van der Waals surface area contributed by atoms with Gasteiger partial charge in [-0.15, -0.1) is 0 Å². The summed E-state index contributed by atoms with van der Waals surface area (Å²) in [6.45, 7) is 8.03. The molecule has 1 fully saturated rings. The molecule has 1 heterocycles. The standard InChI is InChI=1S/C24H31N3O4/c1-17(2)19-7-10-21(11-8-19)31-16-18(3)25-24(28)20-9-12-22(23(15-20)27(29)30)26-13-5-4-6-14-26/h7-12,15,17-18H,4-6,13-14,16H2,1-3H3,(H,25,28). The molecule has 0 aliphatic carbocycles. The number of carbonyl (C=O) groups excluding carboxylic acids is 1. The molecular formula is C24H31N3O4. The van der Waals surface area contributed by atoms with Crippen LogP contribution >= 0.6 is 0 Å². The average Bonchev–Trinajstić information content (AvgIpc) is 2.78. The highest BCUT2D eigenvalue weighted by molar-refractivity contribution is 5.96. The molecule has 2 aromatic carbocycles. The lowest BCUT2D eigenvalue weighted by Gasteiger charge is -2.28. The second-order valence-corrected chi connectivity index (χ2v) is 8.42. The van der Waals surface area contributed by atoms with Crippen LogP contribution in [-0.2, 0) is 0 Å². The van der Waals surface area contributed by atoms with E-state index in [1.807, 2.05) is 36.1 Å². The van der Waals surface area contributed by atoms with E-state index in [1.165, 1.54) is 11.6 Å². The van der Waals surface area contributed by atoms with Crippen LogP contribution in [0.3, 0.4) is 0 Å². The number of benzene rings is 2. The fraction of sp³-hybridized carbons (Fsp3) is 0.458. The summed E-state index contributed by atoms with van der Waals surface area (Å²) in [6, 6.07) is 12.4. The Morgan fingerprint density at radius 3 is 2.39 bits per heavy atom. The van der Waals surface area contributed by atoms with Crippen LogP contribution in [-0.4, -0.2) is 36.6 Å². The van der Waals surface area contributed by atoms with Gasteiger partial charge in [0.15, 0.2) is 0 Å². The number of nitrogens with zero attached hydrogens (tertiary/aromatic N) is 2. The number of amides is 1. The van der Waals surface area contributed by atoms with E-state index in [1.54, 1.807) is 12.1 Å². The van der Waals surface area contributed by atoms with E-state index in [2.05, 4.69) is 19.2 Å². The molecule has 0 saturated carbocycles. The molecule has 31 heavy (non-hydrogen) atoms. The molecule has 1 saturated heterocycles. The average molecular weight is 426 g/mol. The number of piperidine rings is 1. The molecule has 1 amide bonds. The van der Waals surface area contributed by atoms with Gasteiger partial charge in [0.25, 0.3) is 11.6 Å². The van der Waals surface area contributed by atoms with Crippen molar-refractivity contribution in [1.82, 2.24) is 5.32 Å². The smallest absolute Gasteiger partial charge is 0.293 e. The normalized spacial score (nSPS) is 14.9. The number of nitro benzene ring substituents is 1. The van der Waals surface area contributed by atoms with Crippen LogP contribution < -0.4 is 15.0 Å². The Morgan fingerprint density at radius 2 is 1.77 bits per heavy atom. The van der Waals surface area contributed by atoms with Crippen molar-refractivity contribution in [3.8, 4) is 5.75 Å². The van der Waals surface area contributed by atoms with Crippen molar-refractivity contribution in [2.24, 2.45) is 0 Å². The van der Waals surface area contributed by atoms with Gasteiger partial charge in [0.1, 0.15) is 18.0 Å². The van der Waals surface area contributed by atoms with Gasteiger partial charge in [-0.3, -0.25) is 14.9 Å². The molecule has 1 aliphatic heterocycles. The molecule has 0 spiro atoms. The van der Waals surface area contributed by atoms with Crippen LogP contribution in [0.25, 0.3) is 0 Å². The van der Waals surface area contributed by atoms with Crippen molar-refractivity contribution in [1.29, 1.82) is 0 Å². The van der Waals surface area contributed by atoms with Crippen molar-refractivity contribution in [2.45, 2.75) is 52.0 Å². The number of hydrogen-bond acceptors (Lipinski definition) is 5. The minimum atomic E-state index is -0.409. The number of anilines is 1. The van der Waals surface area contributed by atoms with Gasteiger partial charge in [0.05, 0.1) is 11.0 Å². The van der Waals surface area contributed by atoms with Gasteiger partial charge in [-0.2, -0.15) is 0 Å². The summed E-state index contributed by atoms with van der Waals surface area (Å²) in [6.07, 6.45) is 3.20. The lowest BCUT2D eigenvalue weighted by Crippen LogP contribution is -2.37. The highest BCUT2D eigenvalue weighted by Crippen LogP contribution is 2.31. The summed E-state index contributed by atoms with van der Waals surface area (Å²) < 4.78 is 5.77. The molecule has 0 radical (unpaired) electrons. The van der Waals surface area contributed by atoms with E-state index >= 15 is 0 Å². The predicted octanol–water partition coefficient (Wildman–Crippen LogP) is 4.91. The first-order chi connectivity index (χ1) is 14.8. The summed E-state index contributed by atoms with van der Waals surface area (Å²) in [5.41, 5.74) is 2.08. The zero-order valence-corrected chi connectivity index (χ0v) is 18.5. The van der Waals surface area contributed by atoms with Crippen molar-refractivity contribution in [2.75, 3.05) is 24.6 Å². The zero-order valence-electron chi connectivity index (χ0n) is 18.5. The molecule has 1 aliphatic rings. The lowest BCUT2D eigenvalue weighted by molar-refractivity contribution is -0.384. The van der Waals surface area contributed by atoms with Crippen molar-refractivity contribution in [3.05, 3.63) is 63.7 Å². The summed E-state index contributed by atoms with van der Waals surface area (Å²) >= 11 is 0. The summed E-state index contributed by atoms with van der Waals surface area (Å²) in [5, 5.41) is 14.5. The minimum Gasteiger partial charge on any atom is -0.491 e. The molecule has 1 N–H and O–H groups in total. The fourth-order valence-electron chi connectivity index (χ4n) is 3.73. The van der Waals surface area contributed by atoms with Gasteiger partial charge in [0, 0.05) is 24.7 Å². The number of ether oxygens (including phenoxy) is 1. The second kappa shape index (κ2) is 10.3. The van der Waals surface area contributed by atoms with Crippen molar-refractivity contribution in [3.63, 3.8) is 0 Å². The van der Waals surface area contributed by atoms with E-state index in [4.69, 9.17) is 4.74 Å². The number of nitrogens with one attached hydrogen (secondary N) is 1. The number of nitro groups is 1. The molecule has 7 heteroatoms. The van der Waals surface area contributed by atoms with Gasteiger partial charge in [0.2, 0.25) is 0 Å². The largest absolute Gasteiger partial charge is 0.491 e. The van der Waals surface area contributed by atoms with Gasteiger partial charge in [-0.1, -0.05) is 26.0 Å². The van der Waals surface area contributed by atoms with Crippen LogP contribution in [0.2, 0.25) is 0 Å². The maximum Gasteiger partial charge on any atom is 0.293 e. The summed E-state index contributed by atoms with van der Waals surface area (Å²) in [7, 11) is 0. The number of rotatable bonds is 8. The highest BCUT2D eigenvalue weighted by atomic mass is 16.6. The maximum atomic E-state index is 12.6. The van der Waals surface area contributed by atoms with E-state index in [0.29, 0.717) is 18.2 Å². The SMILES string of the molecule is CC(COc1ccc(C(C)C)cc1)NC(=O)c1ccc(N2CCCCC2)c([N+](=O)[O-])c1. The minimum absolute atomic E-state index is 0.0244. The van der Waals surface area contributed by atoms with Crippen LogP contribution in [0.5, 0.6) is 5.75 Å². The van der Waals surface area contributed by atoms with Crippen LogP contribution in [0.1, 0.15) is 61.9 Å². The van der Waals surface area contributed by atoms with Gasteiger partial charge in [-0.05, 0) is 61.9 Å². The Morgan fingerprint density at radius 1 is 1.10 bits per heavy atom. The molecule has 0 bridgehead atoms. The Kier molecular flexibility index (Phi) is 7.50. The molecule has 3 rings (SSSR count). The molecular weight excluding hydrogens is 394 g/mol. The Bertz CT molecular complexity index is 906. The van der Waals surface area contributed by atoms with Gasteiger partial charge < -0.3 is 15.0 Å². The van der Waals surface area contributed by atoms with E-state index in [9.17, 15) is 14.9 Å². The Labute approximate surface area is 183 Å². The van der Waals surface area contributed by atoms with Gasteiger partial charge in [-0.25, -0.2) is 0 Å². The van der Waals surface area contributed by atoms with Crippen LogP contribution in [0.15, 0.2) is 42.5 Å². The quantitative estimate of drug-likeness (QED) is 0.480. The Hall–Kier alpha value is -3.09. The van der Waals surface area contributed by atoms with Gasteiger partial charge >= 0.3 is 0 Å². The number of hydrogen-bond donors (Lipinski definition) is 1. The zero-order chi connectivity index (χ0) is 22.4. The summed E-state index contributed by atoms with van der Waals surface area (Å²) in [5.74, 6) is 0.851. The maximum absolute atomic E-state index is 12.6. The molecule has 2 aromatic rings. The number of carbonyl (C=O) groups is 1. The first kappa shape index (κ1) is 22.6.